The largest absolute Gasteiger partial charge is 0.478 e. The minimum atomic E-state index is -1.16. The molecule has 4 nitrogen and oxygen atoms in total. The van der Waals surface area contributed by atoms with Gasteiger partial charge in [-0.1, -0.05) is 23.2 Å². The normalized spacial score (nSPS) is 10.3. The number of hydrogen-bond donors (Lipinski definition) is 2. The van der Waals surface area contributed by atoms with Crippen molar-refractivity contribution in [1.29, 1.82) is 0 Å². The number of rotatable bonds is 3. The van der Waals surface area contributed by atoms with Gasteiger partial charge in [0.2, 0.25) is 0 Å². The van der Waals surface area contributed by atoms with Gasteiger partial charge in [-0.15, -0.1) is 0 Å². The summed E-state index contributed by atoms with van der Waals surface area (Å²) in [4.78, 5) is 14.9. The first-order valence-electron chi connectivity index (χ1n) is 5.09. The first-order chi connectivity index (χ1) is 8.97. The Balaban J connectivity index is 2.42. The second-order valence-corrected chi connectivity index (χ2v) is 4.38. The van der Waals surface area contributed by atoms with Crippen LogP contribution in [0.1, 0.15) is 10.4 Å². The Labute approximate surface area is 117 Å². The molecule has 0 fully saturated rings. The minimum Gasteiger partial charge on any atom is -0.478 e. The number of nitrogens with one attached hydrogen (secondary N) is 1. The van der Waals surface area contributed by atoms with E-state index >= 15 is 0 Å². The van der Waals surface area contributed by atoms with E-state index in [0.29, 0.717) is 5.69 Å². The van der Waals surface area contributed by atoms with E-state index in [1.54, 1.807) is 0 Å². The lowest BCUT2D eigenvalue weighted by Crippen LogP contribution is -2.05. The van der Waals surface area contributed by atoms with Gasteiger partial charge in [0, 0.05) is 0 Å². The number of nitrogens with zero attached hydrogens (tertiary/aromatic N) is 1. The third-order valence-electron chi connectivity index (χ3n) is 2.28. The van der Waals surface area contributed by atoms with Crippen molar-refractivity contribution < 1.29 is 14.3 Å². The number of pyridine rings is 1. The molecule has 0 aliphatic rings. The van der Waals surface area contributed by atoms with Gasteiger partial charge >= 0.3 is 5.97 Å². The molecule has 0 radical (unpaired) electrons. The van der Waals surface area contributed by atoms with Crippen LogP contribution in [0.25, 0.3) is 0 Å². The van der Waals surface area contributed by atoms with Gasteiger partial charge in [-0.05, 0) is 30.3 Å². The molecular weight excluding hydrogens is 294 g/mol. The maximum Gasteiger partial charge on any atom is 0.339 e. The van der Waals surface area contributed by atoms with Crippen molar-refractivity contribution in [1.82, 2.24) is 4.98 Å². The van der Waals surface area contributed by atoms with Crippen molar-refractivity contribution >= 4 is 40.7 Å². The van der Waals surface area contributed by atoms with Gasteiger partial charge in [0.15, 0.2) is 0 Å². The molecule has 98 valence electrons. The molecular formula is C12H7Cl2FN2O2. The summed E-state index contributed by atoms with van der Waals surface area (Å²) in [5, 5.41) is 12.0. The number of anilines is 2. The van der Waals surface area contributed by atoms with Crippen LogP contribution in [0.3, 0.4) is 0 Å². The molecule has 2 aromatic rings. The SMILES string of the molecule is O=C(O)c1ccc(Cl)nc1Nc1ccc(F)cc1Cl. The highest BCUT2D eigenvalue weighted by Crippen LogP contribution is 2.27. The Hall–Kier alpha value is -1.85. The molecule has 0 amide bonds. The number of aromatic nitrogens is 1. The zero-order valence-electron chi connectivity index (χ0n) is 9.32. The first kappa shape index (κ1) is 13.6. The fraction of sp³-hybridized carbons (Fsp3) is 0. The van der Waals surface area contributed by atoms with Crippen molar-refractivity contribution in [2.24, 2.45) is 0 Å². The molecule has 0 saturated heterocycles. The maximum absolute atomic E-state index is 12.9. The highest BCUT2D eigenvalue weighted by atomic mass is 35.5. The van der Waals surface area contributed by atoms with Crippen molar-refractivity contribution in [2.75, 3.05) is 5.32 Å². The summed E-state index contributed by atoms with van der Waals surface area (Å²) < 4.78 is 12.9. The molecule has 7 heteroatoms. The van der Waals surface area contributed by atoms with Gasteiger partial charge < -0.3 is 10.4 Å². The van der Waals surface area contributed by atoms with Gasteiger partial charge in [-0.25, -0.2) is 14.2 Å². The summed E-state index contributed by atoms with van der Waals surface area (Å²) in [5.41, 5.74) is 0.269. The lowest BCUT2D eigenvalue weighted by molar-refractivity contribution is 0.0697. The van der Waals surface area contributed by atoms with E-state index in [1.165, 1.54) is 24.3 Å². The van der Waals surface area contributed by atoms with Crippen molar-refractivity contribution in [2.45, 2.75) is 0 Å². The van der Waals surface area contributed by atoms with Crippen LogP contribution in [0.2, 0.25) is 10.2 Å². The van der Waals surface area contributed by atoms with E-state index in [2.05, 4.69) is 10.3 Å². The number of aromatic carboxylic acids is 1. The van der Waals surface area contributed by atoms with Gasteiger partial charge in [0.25, 0.3) is 0 Å². The molecule has 2 rings (SSSR count). The third-order valence-corrected chi connectivity index (χ3v) is 2.80. The number of carboxylic acid groups (broad SMARTS) is 1. The summed E-state index contributed by atoms with van der Waals surface area (Å²) in [6.07, 6.45) is 0. The quantitative estimate of drug-likeness (QED) is 0.842. The van der Waals surface area contributed by atoms with E-state index < -0.39 is 11.8 Å². The van der Waals surface area contributed by atoms with Gasteiger partial charge in [-0.3, -0.25) is 0 Å². The molecule has 0 bridgehead atoms. The monoisotopic (exact) mass is 300 g/mol. The minimum absolute atomic E-state index is 0.0357. The van der Waals surface area contributed by atoms with Crippen LogP contribution in [-0.2, 0) is 0 Å². The van der Waals surface area contributed by atoms with E-state index in [4.69, 9.17) is 28.3 Å². The molecule has 1 heterocycles. The summed E-state index contributed by atoms with van der Waals surface area (Å²) in [6.45, 7) is 0. The molecule has 0 unspecified atom stereocenters. The van der Waals surface area contributed by atoms with E-state index in [0.717, 1.165) is 6.07 Å². The zero-order valence-corrected chi connectivity index (χ0v) is 10.8. The van der Waals surface area contributed by atoms with Crippen molar-refractivity contribution in [3.8, 4) is 0 Å². The molecule has 0 atom stereocenters. The van der Waals surface area contributed by atoms with Crippen LogP contribution in [0.15, 0.2) is 30.3 Å². The molecule has 0 aliphatic heterocycles. The predicted octanol–water partition coefficient (Wildman–Crippen LogP) is 3.97. The predicted molar refractivity (Wildman–Crippen MR) is 70.9 cm³/mol. The van der Waals surface area contributed by atoms with Crippen LogP contribution < -0.4 is 5.32 Å². The fourth-order valence-electron chi connectivity index (χ4n) is 1.42. The highest BCUT2D eigenvalue weighted by molar-refractivity contribution is 6.33. The molecule has 2 N–H and O–H groups in total. The average Bonchev–Trinajstić information content (AvgIpc) is 2.32. The number of hydrogen-bond acceptors (Lipinski definition) is 3. The molecule has 19 heavy (non-hydrogen) atoms. The maximum atomic E-state index is 12.9. The molecule has 0 saturated carbocycles. The van der Waals surface area contributed by atoms with E-state index in [1.807, 2.05) is 0 Å². The van der Waals surface area contributed by atoms with E-state index in [9.17, 15) is 9.18 Å². The van der Waals surface area contributed by atoms with Crippen LogP contribution in [-0.4, -0.2) is 16.1 Å². The fourth-order valence-corrected chi connectivity index (χ4v) is 1.78. The standard InChI is InChI=1S/C12H7Cl2FN2O2/c13-8-5-6(15)1-3-9(8)16-11-7(12(18)19)2-4-10(14)17-11/h1-5H,(H,16,17)(H,18,19). The van der Waals surface area contributed by atoms with Crippen molar-refractivity contribution in [3.05, 3.63) is 51.9 Å². The second kappa shape index (κ2) is 5.42. The van der Waals surface area contributed by atoms with Gasteiger partial charge in [-0.2, -0.15) is 0 Å². The first-order valence-corrected chi connectivity index (χ1v) is 5.85. The smallest absolute Gasteiger partial charge is 0.339 e. The number of carbonyl (C=O) groups is 1. The van der Waals surface area contributed by atoms with Crippen molar-refractivity contribution in [3.63, 3.8) is 0 Å². The second-order valence-electron chi connectivity index (χ2n) is 3.58. The summed E-state index contributed by atoms with van der Waals surface area (Å²) >= 11 is 11.6. The molecule has 1 aromatic carbocycles. The van der Waals surface area contributed by atoms with Crippen LogP contribution in [0, 0.1) is 5.82 Å². The molecule has 1 aromatic heterocycles. The topological polar surface area (TPSA) is 62.2 Å². The Kier molecular flexibility index (Phi) is 3.87. The lowest BCUT2D eigenvalue weighted by Gasteiger charge is -2.10. The van der Waals surface area contributed by atoms with Gasteiger partial charge in [0.05, 0.1) is 10.7 Å². The van der Waals surface area contributed by atoms with Gasteiger partial charge in [0.1, 0.15) is 22.4 Å². The highest BCUT2D eigenvalue weighted by Gasteiger charge is 2.13. The lowest BCUT2D eigenvalue weighted by atomic mass is 10.2. The zero-order chi connectivity index (χ0) is 14.0. The number of benzene rings is 1. The number of carboxylic acids is 1. The summed E-state index contributed by atoms with van der Waals surface area (Å²) in [7, 11) is 0. The Morgan fingerprint density at radius 1 is 1.26 bits per heavy atom. The van der Waals surface area contributed by atoms with Crippen LogP contribution >= 0.6 is 23.2 Å². The summed E-state index contributed by atoms with van der Waals surface area (Å²) in [6, 6.07) is 6.36. The molecule has 0 aliphatic carbocycles. The third kappa shape index (κ3) is 3.13. The van der Waals surface area contributed by atoms with E-state index in [-0.39, 0.29) is 21.6 Å². The summed E-state index contributed by atoms with van der Waals surface area (Å²) in [5.74, 6) is -1.62. The number of halogens is 3. The Morgan fingerprint density at radius 2 is 2.00 bits per heavy atom. The Morgan fingerprint density at radius 3 is 2.63 bits per heavy atom. The van der Waals surface area contributed by atoms with Crippen LogP contribution in [0.4, 0.5) is 15.9 Å². The Bertz CT molecular complexity index is 650. The molecule has 0 spiro atoms. The van der Waals surface area contributed by atoms with Crippen LogP contribution in [0.5, 0.6) is 0 Å². The average molecular weight is 301 g/mol.